The van der Waals surface area contributed by atoms with E-state index in [1.165, 1.54) is 0 Å². The fourth-order valence-electron chi connectivity index (χ4n) is 1.84. The quantitative estimate of drug-likeness (QED) is 0.710. The molecule has 0 unspecified atom stereocenters. The van der Waals surface area contributed by atoms with Crippen LogP contribution >= 0.6 is 0 Å². The second-order valence-electron chi connectivity index (χ2n) is 3.66. The summed E-state index contributed by atoms with van der Waals surface area (Å²) in [4.78, 5) is 8.58. The largest absolute Gasteiger partial charge is 0.396 e. The molecule has 0 aliphatic heterocycles. The van der Waals surface area contributed by atoms with E-state index in [9.17, 15) is 0 Å². The number of nitrogens with two attached hydrogens (primary N) is 1. The van der Waals surface area contributed by atoms with Crippen LogP contribution in [0.1, 0.15) is 36.0 Å². The molecular weight excluding hydrogens is 178 g/mol. The van der Waals surface area contributed by atoms with Gasteiger partial charge in [0.2, 0.25) is 0 Å². The number of fused-ring (bicyclic) bond motifs is 1. The Bertz CT molecular complexity index is 327. The van der Waals surface area contributed by atoms with Crippen LogP contribution < -0.4 is 5.73 Å². The minimum absolute atomic E-state index is 0.0990. The van der Waals surface area contributed by atoms with Crippen molar-refractivity contribution >= 4 is 0 Å². The molecule has 0 fully saturated rings. The minimum Gasteiger partial charge on any atom is -0.396 e. The molecule has 0 spiro atoms. The van der Waals surface area contributed by atoms with Gasteiger partial charge in [0.05, 0.1) is 6.61 Å². The maximum Gasteiger partial charge on any atom is 0.130 e. The summed E-state index contributed by atoms with van der Waals surface area (Å²) in [6, 6.07) is 0.0990. The summed E-state index contributed by atoms with van der Waals surface area (Å²) in [6.45, 7) is 0.102. The Morgan fingerprint density at radius 2 is 2.43 bits per heavy atom. The number of rotatable bonds is 2. The molecule has 1 heterocycles. The Balaban J connectivity index is 2.29. The molecule has 0 bridgehead atoms. The van der Waals surface area contributed by atoms with Gasteiger partial charge in [-0.05, 0) is 19.3 Å². The monoisotopic (exact) mass is 193 g/mol. The molecule has 1 aliphatic carbocycles. The Hall–Kier alpha value is -1.00. The molecule has 0 radical (unpaired) electrons. The smallest absolute Gasteiger partial charge is 0.130 e. The number of hydrogen-bond acceptors (Lipinski definition) is 4. The van der Waals surface area contributed by atoms with Crippen molar-refractivity contribution in [3.8, 4) is 0 Å². The van der Waals surface area contributed by atoms with Crippen LogP contribution in [-0.2, 0) is 12.8 Å². The van der Waals surface area contributed by atoms with Crippen LogP contribution in [0.5, 0.6) is 0 Å². The molecule has 2 rings (SSSR count). The topological polar surface area (TPSA) is 72.0 Å². The van der Waals surface area contributed by atoms with Gasteiger partial charge in [0, 0.05) is 29.9 Å². The Morgan fingerprint density at radius 3 is 3.21 bits per heavy atom. The average molecular weight is 193 g/mol. The van der Waals surface area contributed by atoms with E-state index < -0.39 is 0 Å². The highest BCUT2D eigenvalue weighted by Crippen LogP contribution is 2.25. The lowest BCUT2D eigenvalue weighted by Gasteiger charge is -2.20. The number of aryl methyl sites for hydroxylation is 1. The van der Waals surface area contributed by atoms with Crippen molar-refractivity contribution in [3.05, 3.63) is 23.3 Å². The molecule has 4 nitrogen and oxygen atoms in total. The van der Waals surface area contributed by atoms with Gasteiger partial charge in [-0.15, -0.1) is 0 Å². The fraction of sp³-hybridized carbons (Fsp3) is 0.600. The van der Waals surface area contributed by atoms with E-state index >= 15 is 0 Å². The number of hydrogen-bond donors (Lipinski definition) is 2. The SMILES string of the molecule is N[C@@H]1CCCc2nc(CCO)ncc21. The molecule has 76 valence electrons. The number of aromatic nitrogens is 2. The average Bonchev–Trinajstić information content (AvgIpc) is 2.18. The summed E-state index contributed by atoms with van der Waals surface area (Å²) in [5.74, 6) is 0.723. The van der Waals surface area contributed by atoms with E-state index in [1.54, 1.807) is 0 Å². The third-order valence-corrected chi connectivity index (χ3v) is 2.61. The van der Waals surface area contributed by atoms with Crippen LogP contribution in [0.4, 0.5) is 0 Å². The van der Waals surface area contributed by atoms with Gasteiger partial charge in [-0.1, -0.05) is 0 Å². The van der Waals surface area contributed by atoms with Crippen LogP contribution in [0.3, 0.4) is 0 Å². The summed E-state index contributed by atoms with van der Waals surface area (Å²) < 4.78 is 0. The Labute approximate surface area is 83.2 Å². The Morgan fingerprint density at radius 1 is 1.57 bits per heavy atom. The van der Waals surface area contributed by atoms with Gasteiger partial charge in [-0.2, -0.15) is 0 Å². The minimum atomic E-state index is 0.0990. The highest BCUT2D eigenvalue weighted by Gasteiger charge is 2.18. The lowest BCUT2D eigenvalue weighted by atomic mass is 9.93. The molecule has 1 aliphatic rings. The zero-order valence-corrected chi connectivity index (χ0v) is 8.11. The van der Waals surface area contributed by atoms with Crippen molar-refractivity contribution in [1.82, 2.24) is 9.97 Å². The standard InChI is InChI=1S/C10H15N3O/c11-8-2-1-3-9-7(8)6-12-10(13-9)4-5-14/h6,8,14H,1-5,11H2/t8-/m1/s1. The van der Waals surface area contributed by atoms with Gasteiger partial charge < -0.3 is 10.8 Å². The maximum atomic E-state index is 8.77. The first-order chi connectivity index (χ1) is 6.81. The maximum absolute atomic E-state index is 8.77. The molecule has 3 N–H and O–H groups in total. The number of aliphatic hydroxyl groups excluding tert-OH is 1. The van der Waals surface area contributed by atoms with Crippen LogP contribution in [0, 0.1) is 0 Å². The van der Waals surface area contributed by atoms with Crippen LogP contribution in [0.15, 0.2) is 6.20 Å². The summed E-state index contributed by atoms with van der Waals surface area (Å²) in [6.07, 6.45) is 5.46. The molecule has 0 aromatic carbocycles. The van der Waals surface area contributed by atoms with Crippen molar-refractivity contribution in [2.45, 2.75) is 31.7 Å². The van der Waals surface area contributed by atoms with Crippen molar-refractivity contribution in [3.63, 3.8) is 0 Å². The van der Waals surface area contributed by atoms with E-state index in [4.69, 9.17) is 10.8 Å². The van der Waals surface area contributed by atoms with Gasteiger partial charge in [-0.3, -0.25) is 0 Å². The number of aliphatic hydroxyl groups is 1. The van der Waals surface area contributed by atoms with Gasteiger partial charge >= 0.3 is 0 Å². The molecule has 1 aromatic heterocycles. The molecule has 0 amide bonds. The number of nitrogens with zero attached hydrogens (tertiary/aromatic N) is 2. The second kappa shape index (κ2) is 4.02. The van der Waals surface area contributed by atoms with E-state index in [-0.39, 0.29) is 12.6 Å². The third kappa shape index (κ3) is 1.76. The summed E-state index contributed by atoms with van der Waals surface area (Å²) >= 11 is 0. The van der Waals surface area contributed by atoms with Gasteiger partial charge in [0.25, 0.3) is 0 Å². The second-order valence-corrected chi connectivity index (χ2v) is 3.66. The zero-order valence-electron chi connectivity index (χ0n) is 8.11. The first kappa shape index (κ1) is 9.55. The summed E-state index contributed by atoms with van der Waals surface area (Å²) in [7, 11) is 0. The van der Waals surface area contributed by atoms with Crippen molar-refractivity contribution < 1.29 is 5.11 Å². The van der Waals surface area contributed by atoms with E-state index in [2.05, 4.69) is 9.97 Å². The lowest BCUT2D eigenvalue weighted by molar-refractivity contribution is 0.296. The first-order valence-corrected chi connectivity index (χ1v) is 5.02. The van der Waals surface area contributed by atoms with Crippen LogP contribution in [0.25, 0.3) is 0 Å². The van der Waals surface area contributed by atoms with Crippen LogP contribution in [0.2, 0.25) is 0 Å². The van der Waals surface area contributed by atoms with Gasteiger partial charge in [-0.25, -0.2) is 9.97 Å². The predicted octanol–water partition coefficient (Wildman–Crippen LogP) is 0.347. The highest BCUT2D eigenvalue weighted by molar-refractivity contribution is 5.24. The van der Waals surface area contributed by atoms with Crippen LogP contribution in [-0.4, -0.2) is 21.7 Å². The van der Waals surface area contributed by atoms with Crippen molar-refractivity contribution in [2.24, 2.45) is 5.73 Å². The fourth-order valence-corrected chi connectivity index (χ4v) is 1.84. The molecule has 1 aromatic rings. The van der Waals surface area contributed by atoms with Crippen molar-refractivity contribution in [2.75, 3.05) is 6.61 Å². The predicted molar refractivity (Wildman–Crippen MR) is 52.7 cm³/mol. The van der Waals surface area contributed by atoms with Gasteiger partial charge in [0.15, 0.2) is 0 Å². The molecule has 1 atom stereocenters. The van der Waals surface area contributed by atoms with Gasteiger partial charge in [0.1, 0.15) is 5.82 Å². The Kier molecular flexibility index (Phi) is 2.74. The zero-order chi connectivity index (χ0) is 9.97. The van der Waals surface area contributed by atoms with E-state index in [0.717, 1.165) is 36.3 Å². The summed E-state index contributed by atoms with van der Waals surface area (Å²) in [5, 5.41) is 8.77. The highest BCUT2D eigenvalue weighted by atomic mass is 16.3. The molecule has 4 heteroatoms. The van der Waals surface area contributed by atoms with E-state index in [1.807, 2.05) is 6.20 Å². The molecular formula is C10H15N3O. The molecule has 0 saturated heterocycles. The first-order valence-electron chi connectivity index (χ1n) is 5.02. The third-order valence-electron chi connectivity index (χ3n) is 2.61. The normalized spacial score (nSPS) is 20.6. The van der Waals surface area contributed by atoms with E-state index in [0.29, 0.717) is 6.42 Å². The molecule has 0 saturated carbocycles. The summed E-state index contributed by atoms with van der Waals surface area (Å²) in [5.41, 5.74) is 8.09. The van der Waals surface area contributed by atoms with Crippen molar-refractivity contribution in [1.29, 1.82) is 0 Å². The lowest BCUT2D eigenvalue weighted by Crippen LogP contribution is -2.20. The molecule has 14 heavy (non-hydrogen) atoms.